The Bertz CT molecular complexity index is 945. The summed E-state index contributed by atoms with van der Waals surface area (Å²) in [5.74, 6) is 0.702. The lowest BCUT2D eigenvalue weighted by atomic mass is 10.1. The largest absolute Gasteiger partial charge is 0.460 e. The molecule has 1 fully saturated rings. The fourth-order valence-corrected chi connectivity index (χ4v) is 3.29. The molecular weight excluding hydrogens is 338 g/mol. The molecule has 2 atom stereocenters. The number of hydrogen-bond acceptors (Lipinski definition) is 4. The van der Waals surface area contributed by atoms with E-state index in [0.29, 0.717) is 5.82 Å². The van der Waals surface area contributed by atoms with E-state index in [2.05, 4.69) is 22.2 Å². The minimum absolute atomic E-state index is 0.0227. The molecule has 0 spiro atoms. The van der Waals surface area contributed by atoms with Gasteiger partial charge in [-0.05, 0) is 38.7 Å². The standard InChI is InChI=1S/C22H23N3O2/c1-14(2)27-22-23-20(17-11-9-15(3)10-12-17)25(24-22)21(26)19-13-18(19)16-7-5-4-6-8-16/h4-12,14,18-19H,13H2,1-3H3. The number of aryl methyl sites for hydroxylation is 1. The zero-order valence-electron chi connectivity index (χ0n) is 15.8. The van der Waals surface area contributed by atoms with E-state index in [1.165, 1.54) is 10.2 Å². The van der Waals surface area contributed by atoms with Crippen LogP contribution in [0.1, 0.15) is 42.1 Å². The highest BCUT2D eigenvalue weighted by atomic mass is 16.5. The van der Waals surface area contributed by atoms with Gasteiger partial charge in [0.25, 0.3) is 5.91 Å². The summed E-state index contributed by atoms with van der Waals surface area (Å²) >= 11 is 0. The molecule has 4 rings (SSSR count). The van der Waals surface area contributed by atoms with Gasteiger partial charge >= 0.3 is 6.01 Å². The Morgan fingerprint density at radius 2 is 1.81 bits per heavy atom. The maximum Gasteiger partial charge on any atom is 0.336 e. The van der Waals surface area contributed by atoms with Crippen LogP contribution in [0.3, 0.4) is 0 Å². The zero-order chi connectivity index (χ0) is 19.0. The first-order valence-corrected chi connectivity index (χ1v) is 9.33. The van der Waals surface area contributed by atoms with Gasteiger partial charge in [-0.25, -0.2) is 0 Å². The first-order valence-electron chi connectivity index (χ1n) is 9.33. The van der Waals surface area contributed by atoms with Crippen LogP contribution in [0.15, 0.2) is 54.6 Å². The van der Waals surface area contributed by atoms with Crippen molar-refractivity contribution in [2.24, 2.45) is 5.92 Å². The molecule has 0 amide bonds. The number of nitrogens with zero attached hydrogens (tertiary/aromatic N) is 3. The first kappa shape index (κ1) is 17.5. The average molecular weight is 361 g/mol. The van der Waals surface area contributed by atoms with Crippen molar-refractivity contribution in [1.29, 1.82) is 0 Å². The number of carbonyl (C=O) groups is 1. The summed E-state index contributed by atoms with van der Waals surface area (Å²) in [7, 11) is 0. The third kappa shape index (κ3) is 3.63. The van der Waals surface area contributed by atoms with Crippen LogP contribution in [0.4, 0.5) is 0 Å². The predicted molar refractivity (Wildman–Crippen MR) is 104 cm³/mol. The molecule has 0 N–H and O–H groups in total. The van der Waals surface area contributed by atoms with E-state index in [9.17, 15) is 4.79 Å². The van der Waals surface area contributed by atoms with Crippen LogP contribution in [-0.4, -0.2) is 26.8 Å². The van der Waals surface area contributed by atoms with Crippen LogP contribution < -0.4 is 4.74 Å². The second kappa shape index (κ2) is 6.99. The maximum atomic E-state index is 13.2. The van der Waals surface area contributed by atoms with E-state index in [-0.39, 0.29) is 29.9 Å². The highest BCUT2D eigenvalue weighted by molar-refractivity contribution is 5.87. The maximum absolute atomic E-state index is 13.2. The van der Waals surface area contributed by atoms with E-state index < -0.39 is 0 Å². The Hall–Kier alpha value is -2.95. The molecule has 1 aliphatic carbocycles. The quantitative estimate of drug-likeness (QED) is 0.672. The number of aromatic nitrogens is 3. The van der Waals surface area contributed by atoms with E-state index in [1.54, 1.807) is 0 Å². The average Bonchev–Trinajstić information content (AvgIpc) is 3.36. The molecule has 0 saturated heterocycles. The van der Waals surface area contributed by atoms with Gasteiger partial charge in [0.05, 0.1) is 6.10 Å². The van der Waals surface area contributed by atoms with Gasteiger partial charge in [-0.2, -0.15) is 9.67 Å². The summed E-state index contributed by atoms with van der Waals surface area (Å²) in [6.45, 7) is 5.86. The number of benzene rings is 2. The van der Waals surface area contributed by atoms with Crippen molar-refractivity contribution in [2.75, 3.05) is 0 Å². The van der Waals surface area contributed by atoms with Crippen molar-refractivity contribution in [3.8, 4) is 17.4 Å². The number of ether oxygens (including phenoxy) is 1. The molecule has 27 heavy (non-hydrogen) atoms. The highest BCUT2D eigenvalue weighted by Gasteiger charge is 2.45. The lowest BCUT2D eigenvalue weighted by Crippen LogP contribution is -2.17. The molecule has 5 nitrogen and oxygen atoms in total. The Morgan fingerprint density at radius 1 is 1.11 bits per heavy atom. The SMILES string of the molecule is Cc1ccc(-c2nc(OC(C)C)nn2C(=O)C2CC2c2ccccc2)cc1. The molecule has 2 unspecified atom stereocenters. The predicted octanol–water partition coefficient (Wildman–Crippen LogP) is 4.48. The molecular formula is C22H23N3O2. The lowest BCUT2D eigenvalue weighted by molar-refractivity contribution is 0.0865. The second-order valence-electron chi connectivity index (χ2n) is 7.36. The fraction of sp³-hybridized carbons (Fsp3) is 0.318. The van der Waals surface area contributed by atoms with E-state index in [0.717, 1.165) is 17.5 Å². The van der Waals surface area contributed by atoms with Crippen molar-refractivity contribution in [1.82, 2.24) is 14.8 Å². The van der Waals surface area contributed by atoms with Gasteiger partial charge in [-0.1, -0.05) is 60.2 Å². The lowest BCUT2D eigenvalue weighted by Gasteiger charge is -2.05. The number of carbonyl (C=O) groups excluding carboxylic acids is 1. The van der Waals surface area contributed by atoms with Crippen LogP contribution in [0.2, 0.25) is 0 Å². The first-order chi connectivity index (χ1) is 13.0. The summed E-state index contributed by atoms with van der Waals surface area (Å²) in [4.78, 5) is 17.6. The van der Waals surface area contributed by atoms with E-state index in [4.69, 9.17) is 4.74 Å². The third-order valence-electron chi connectivity index (χ3n) is 4.78. The van der Waals surface area contributed by atoms with Crippen molar-refractivity contribution >= 4 is 5.91 Å². The molecule has 2 aromatic carbocycles. The smallest absolute Gasteiger partial charge is 0.336 e. The van der Waals surface area contributed by atoms with Crippen molar-refractivity contribution < 1.29 is 9.53 Å². The topological polar surface area (TPSA) is 57.0 Å². The molecule has 3 aromatic rings. The Balaban J connectivity index is 1.65. The second-order valence-corrected chi connectivity index (χ2v) is 7.36. The van der Waals surface area contributed by atoms with Crippen LogP contribution in [-0.2, 0) is 0 Å². The summed E-state index contributed by atoms with van der Waals surface area (Å²) in [5.41, 5.74) is 3.21. The van der Waals surface area contributed by atoms with Crippen LogP contribution >= 0.6 is 0 Å². The summed E-state index contributed by atoms with van der Waals surface area (Å²) in [6, 6.07) is 18.3. The Labute approximate surface area is 159 Å². The van der Waals surface area contributed by atoms with Crippen molar-refractivity contribution in [3.63, 3.8) is 0 Å². The van der Waals surface area contributed by atoms with Gasteiger partial charge < -0.3 is 4.74 Å². The number of rotatable bonds is 5. The molecule has 1 aromatic heterocycles. The van der Waals surface area contributed by atoms with Gasteiger partial charge in [0.2, 0.25) is 0 Å². The van der Waals surface area contributed by atoms with E-state index in [1.807, 2.05) is 63.2 Å². The van der Waals surface area contributed by atoms with Crippen molar-refractivity contribution in [2.45, 2.75) is 39.2 Å². The molecule has 0 bridgehead atoms. The molecule has 5 heteroatoms. The minimum Gasteiger partial charge on any atom is -0.460 e. The Morgan fingerprint density at radius 3 is 2.48 bits per heavy atom. The van der Waals surface area contributed by atoms with Crippen LogP contribution in [0.5, 0.6) is 6.01 Å². The third-order valence-corrected chi connectivity index (χ3v) is 4.78. The van der Waals surface area contributed by atoms with Gasteiger partial charge in [0.15, 0.2) is 5.82 Å². The van der Waals surface area contributed by atoms with Crippen molar-refractivity contribution in [3.05, 3.63) is 65.7 Å². The fourth-order valence-electron chi connectivity index (χ4n) is 3.29. The van der Waals surface area contributed by atoms with Gasteiger partial charge in [0, 0.05) is 11.5 Å². The van der Waals surface area contributed by atoms with Gasteiger partial charge in [-0.15, -0.1) is 5.10 Å². The number of hydrogen-bond donors (Lipinski definition) is 0. The molecule has 0 aliphatic heterocycles. The molecule has 138 valence electrons. The highest BCUT2D eigenvalue weighted by Crippen LogP contribution is 2.48. The Kier molecular flexibility index (Phi) is 4.52. The molecule has 1 aliphatic rings. The molecule has 1 heterocycles. The van der Waals surface area contributed by atoms with Crippen LogP contribution in [0.25, 0.3) is 11.4 Å². The zero-order valence-corrected chi connectivity index (χ0v) is 15.8. The monoisotopic (exact) mass is 361 g/mol. The van der Waals surface area contributed by atoms with E-state index >= 15 is 0 Å². The summed E-state index contributed by atoms with van der Waals surface area (Å²) in [5, 5.41) is 4.37. The molecule has 1 saturated carbocycles. The molecule has 0 radical (unpaired) electrons. The van der Waals surface area contributed by atoms with Crippen LogP contribution in [0, 0.1) is 12.8 Å². The minimum atomic E-state index is -0.0646. The summed E-state index contributed by atoms with van der Waals surface area (Å²) in [6.07, 6.45) is 0.788. The summed E-state index contributed by atoms with van der Waals surface area (Å²) < 4.78 is 7.07. The normalized spacial score (nSPS) is 18.5. The van der Waals surface area contributed by atoms with Gasteiger partial charge in [0.1, 0.15) is 0 Å². The van der Waals surface area contributed by atoms with Gasteiger partial charge in [-0.3, -0.25) is 4.79 Å².